The molecule has 13 heavy (non-hydrogen) atoms. The monoisotopic (exact) mass is 235 g/mol. The molecule has 0 atom stereocenters. The van der Waals surface area contributed by atoms with E-state index in [9.17, 15) is 4.79 Å². The summed E-state index contributed by atoms with van der Waals surface area (Å²) in [6, 6.07) is 7.23. The van der Waals surface area contributed by atoms with Crippen LogP contribution in [0.3, 0.4) is 0 Å². The molecule has 0 amide bonds. The van der Waals surface area contributed by atoms with Gasteiger partial charge in [0.1, 0.15) is 6.29 Å². The second-order valence-electron chi connectivity index (χ2n) is 2.34. The van der Waals surface area contributed by atoms with E-state index < -0.39 is 0 Å². The fourth-order valence-corrected chi connectivity index (χ4v) is 1.26. The molecule has 0 saturated heterocycles. The minimum Gasteiger partial charge on any atom is -0.299 e. The molecule has 1 aromatic rings. The zero-order valence-corrected chi connectivity index (χ0v) is 8.28. The Morgan fingerprint density at radius 3 is 2.85 bits per heavy atom. The molecule has 0 unspecified atom stereocenters. The molecule has 0 aromatic heterocycles. The van der Waals surface area contributed by atoms with Crippen molar-refractivity contribution in [1.29, 1.82) is 5.26 Å². The summed E-state index contributed by atoms with van der Waals surface area (Å²) in [4.78, 5) is 10.1. The van der Waals surface area contributed by atoms with E-state index in [1.54, 1.807) is 24.3 Å². The first kappa shape index (κ1) is 9.69. The SMILES string of the molecule is N#Cc1ccc(Br)c(/C=C/C=O)c1. The number of nitriles is 1. The summed E-state index contributed by atoms with van der Waals surface area (Å²) in [5.41, 5.74) is 1.40. The van der Waals surface area contributed by atoms with E-state index in [2.05, 4.69) is 15.9 Å². The zero-order chi connectivity index (χ0) is 9.68. The van der Waals surface area contributed by atoms with Crippen LogP contribution in [0.15, 0.2) is 28.7 Å². The van der Waals surface area contributed by atoms with E-state index in [-0.39, 0.29) is 0 Å². The van der Waals surface area contributed by atoms with Gasteiger partial charge in [0.25, 0.3) is 0 Å². The van der Waals surface area contributed by atoms with Crippen molar-refractivity contribution in [2.75, 3.05) is 0 Å². The van der Waals surface area contributed by atoms with Crippen LogP contribution in [0, 0.1) is 11.3 Å². The summed E-state index contributed by atoms with van der Waals surface area (Å²) in [6.45, 7) is 0. The van der Waals surface area contributed by atoms with E-state index in [1.165, 1.54) is 6.08 Å². The summed E-state index contributed by atoms with van der Waals surface area (Å²) in [5.74, 6) is 0. The van der Waals surface area contributed by atoms with Gasteiger partial charge in [0.2, 0.25) is 0 Å². The van der Waals surface area contributed by atoms with Gasteiger partial charge in [-0.3, -0.25) is 4.79 Å². The molecular formula is C10H6BrNO. The van der Waals surface area contributed by atoms with Crippen LogP contribution >= 0.6 is 15.9 Å². The quantitative estimate of drug-likeness (QED) is 0.584. The molecule has 64 valence electrons. The minimum absolute atomic E-state index is 0.578. The van der Waals surface area contributed by atoms with Crippen LogP contribution in [0.4, 0.5) is 0 Å². The van der Waals surface area contributed by atoms with Gasteiger partial charge in [-0.1, -0.05) is 22.0 Å². The second kappa shape index (κ2) is 4.58. The lowest BCUT2D eigenvalue weighted by Crippen LogP contribution is -1.79. The van der Waals surface area contributed by atoms with Gasteiger partial charge in [-0.15, -0.1) is 0 Å². The molecule has 0 fully saturated rings. The highest BCUT2D eigenvalue weighted by Crippen LogP contribution is 2.19. The number of aldehydes is 1. The van der Waals surface area contributed by atoms with Crippen molar-refractivity contribution in [2.45, 2.75) is 0 Å². The van der Waals surface area contributed by atoms with E-state index in [4.69, 9.17) is 5.26 Å². The van der Waals surface area contributed by atoms with Crippen LogP contribution in [0.2, 0.25) is 0 Å². The maximum Gasteiger partial charge on any atom is 0.142 e. The molecule has 1 aromatic carbocycles. The third kappa shape index (κ3) is 2.53. The van der Waals surface area contributed by atoms with Crippen LogP contribution in [0.5, 0.6) is 0 Å². The van der Waals surface area contributed by atoms with Crippen molar-refractivity contribution >= 4 is 28.3 Å². The summed E-state index contributed by atoms with van der Waals surface area (Å²) in [5, 5.41) is 8.62. The van der Waals surface area contributed by atoms with Crippen molar-refractivity contribution in [2.24, 2.45) is 0 Å². The Hall–Kier alpha value is -1.40. The van der Waals surface area contributed by atoms with Crippen LogP contribution in [0.25, 0.3) is 6.08 Å². The minimum atomic E-state index is 0.578. The Kier molecular flexibility index (Phi) is 3.41. The Bertz CT molecular complexity index is 390. The van der Waals surface area contributed by atoms with Gasteiger partial charge in [0, 0.05) is 4.47 Å². The summed E-state index contributed by atoms with van der Waals surface area (Å²) >= 11 is 3.31. The van der Waals surface area contributed by atoms with Crippen LogP contribution < -0.4 is 0 Å². The highest BCUT2D eigenvalue weighted by molar-refractivity contribution is 9.10. The molecule has 0 bridgehead atoms. The van der Waals surface area contributed by atoms with E-state index in [1.807, 2.05) is 6.07 Å². The van der Waals surface area contributed by atoms with E-state index in [0.29, 0.717) is 11.8 Å². The lowest BCUT2D eigenvalue weighted by atomic mass is 10.1. The van der Waals surface area contributed by atoms with Crippen LogP contribution in [-0.2, 0) is 4.79 Å². The molecule has 0 spiro atoms. The molecule has 0 saturated carbocycles. The molecule has 0 aliphatic carbocycles. The Morgan fingerprint density at radius 2 is 2.23 bits per heavy atom. The Morgan fingerprint density at radius 1 is 1.46 bits per heavy atom. The number of hydrogen-bond donors (Lipinski definition) is 0. The number of carbonyl (C=O) groups is 1. The number of halogens is 1. The van der Waals surface area contributed by atoms with Crippen molar-refractivity contribution in [3.8, 4) is 6.07 Å². The topological polar surface area (TPSA) is 40.9 Å². The second-order valence-corrected chi connectivity index (χ2v) is 3.20. The molecule has 0 N–H and O–H groups in total. The number of rotatable bonds is 2. The standard InChI is InChI=1S/C10H6BrNO/c11-10-4-3-8(7-12)6-9(10)2-1-5-13/h1-6H/b2-1+. The summed E-state index contributed by atoms with van der Waals surface area (Å²) in [7, 11) is 0. The lowest BCUT2D eigenvalue weighted by Gasteiger charge is -1.97. The smallest absolute Gasteiger partial charge is 0.142 e. The van der Waals surface area contributed by atoms with Gasteiger partial charge in [-0.2, -0.15) is 5.26 Å². The van der Waals surface area contributed by atoms with Gasteiger partial charge in [0.05, 0.1) is 11.6 Å². The lowest BCUT2D eigenvalue weighted by molar-refractivity contribution is -0.104. The first-order valence-electron chi connectivity index (χ1n) is 3.59. The van der Waals surface area contributed by atoms with Crippen molar-refractivity contribution < 1.29 is 4.79 Å². The average Bonchev–Trinajstić information content (AvgIpc) is 2.17. The third-order valence-electron chi connectivity index (χ3n) is 1.48. The van der Waals surface area contributed by atoms with Crippen LogP contribution in [0.1, 0.15) is 11.1 Å². The van der Waals surface area contributed by atoms with Crippen LogP contribution in [-0.4, -0.2) is 6.29 Å². The van der Waals surface area contributed by atoms with Gasteiger partial charge in [-0.05, 0) is 29.8 Å². The van der Waals surface area contributed by atoms with Crippen molar-refractivity contribution in [3.05, 3.63) is 39.9 Å². The molecule has 1 rings (SSSR count). The number of carbonyl (C=O) groups excluding carboxylic acids is 1. The van der Waals surface area contributed by atoms with E-state index >= 15 is 0 Å². The Labute approximate surface area is 84.6 Å². The maximum absolute atomic E-state index is 10.1. The molecule has 0 radical (unpaired) electrons. The number of nitrogens with zero attached hydrogens (tertiary/aromatic N) is 1. The van der Waals surface area contributed by atoms with Gasteiger partial charge in [0.15, 0.2) is 0 Å². The van der Waals surface area contributed by atoms with E-state index in [0.717, 1.165) is 10.0 Å². The highest BCUT2D eigenvalue weighted by Gasteiger charge is 1.97. The number of allylic oxidation sites excluding steroid dienone is 1. The average molecular weight is 236 g/mol. The fourth-order valence-electron chi connectivity index (χ4n) is 0.884. The fraction of sp³-hybridized carbons (Fsp3) is 0. The molecule has 0 aliphatic rings. The highest BCUT2D eigenvalue weighted by atomic mass is 79.9. The first-order valence-corrected chi connectivity index (χ1v) is 4.38. The first-order chi connectivity index (χ1) is 6.27. The molecule has 2 nitrogen and oxygen atoms in total. The van der Waals surface area contributed by atoms with Crippen molar-refractivity contribution in [3.63, 3.8) is 0 Å². The molecule has 3 heteroatoms. The predicted octanol–water partition coefficient (Wildman–Crippen LogP) is 2.53. The van der Waals surface area contributed by atoms with Gasteiger partial charge >= 0.3 is 0 Å². The third-order valence-corrected chi connectivity index (χ3v) is 2.20. The largest absolute Gasteiger partial charge is 0.299 e. The maximum atomic E-state index is 10.1. The summed E-state index contributed by atoms with van der Waals surface area (Å²) in [6.07, 6.45) is 3.74. The molecule has 0 aliphatic heterocycles. The van der Waals surface area contributed by atoms with Gasteiger partial charge in [-0.25, -0.2) is 0 Å². The molecule has 0 heterocycles. The number of benzene rings is 1. The Balaban J connectivity index is 3.12. The van der Waals surface area contributed by atoms with Crippen molar-refractivity contribution in [1.82, 2.24) is 0 Å². The number of hydrogen-bond acceptors (Lipinski definition) is 2. The summed E-state index contributed by atoms with van der Waals surface area (Å²) < 4.78 is 0.865. The van der Waals surface area contributed by atoms with Gasteiger partial charge < -0.3 is 0 Å². The predicted molar refractivity (Wildman–Crippen MR) is 54.0 cm³/mol. The normalized spacial score (nSPS) is 9.85. The molecular weight excluding hydrogens is 230 g/mol. The zero-order valence-electron chi connectivity index (χ0n) is 6.70.